The number of nitrogens with one attached hydrogen (secondary N) is 1. The van der Waals surface area contributed by atoms with Crippen LogP contribution in [-0.4, -0.2) is 57.4 Å². The summed E-state index contributed by atoms with van der Waals surface area (Å²) in [6, 6.07) is 12.1. The van der Waals surface area contributed by atoms with Gasteiger partial charge in [0.25, 0.3) is 0 Å². The van der Waals surface area contributed by atoms with E-state index in [9.17, 15) is 0 Å². The van der Waals surface area contributed by atoms with Crippen LogP contribution in [0.15, 0.2) is 36.4 Å². The molecule has 0 radical (unpaired) electrons. The van der Waals surface area contributed by atoms with Crippen molar-refractivity contribution >= 4 is 22.4 Å². The van der Waals surface area contributed by atoms with E-state index in [0.717, 1.165) is 68.9 Å². The molecular weight excluding hydrogens is 324 g/mol. The van der Waals surface area contributed by atoms with E-state index < -0.39 is 0 Å². The third-order valence-corrected chi connectivity index (χ3v) is 4.68. The number of hydrogen-bond acceptors (Lipinski definition) is 4. The highest BCUT2D eigenvalue weighted by Crippen LogP contribution is 2.32. The Balaban J connectivity index is 1.34. The SMILES string of the molecule is Clc1c(OCCCNCCN2CCOCC2)ccc2ccccc12. The average molecular weight is 349 g/mol. The Kier molecular flexibility index (Phi) is 6.73. The van der Waals surface area contributed by atoms with Gasteiger partial charge in [-0.25, -0.2) is 0 Å². The molecule has 0 spiro atoms. The van der Waals surface area contributed by atoms with Gasteiger partial charge in [0.1, 0.15) is 5.75 Å². The van der Waals surface area contributed by atoms with Gasteiger partial charge >= 0.3 is 0 Å². The summed E-state index contributed by atoms with van der Waals surface area (Å²) in [6.45, 7) is 7.53. The Morgan fingerprint density at radius 1 is 1.08 bits per heavy atom. The smallest absolute Gasteiger partial charge is 0.138 e. The molecule has 2 aromatic rings. The lowest BCUT2D eigenvalue weighted by atomic mass is 10.1. The maximum absolute atomic E-state index is 6.43. The van der Waals surface area contributed by atoms with Gasteiger partial charge in [0.05, 0.1) is 24.8 Å². The van der Waals surface area contributed by atoms with Gasteiger partial charge in [0, 0.05) is 31.6 Å². The lowest BCUT2D eigenvalue weighted by Crippen LogP contribution is -2.40. The van der Waals surface area contributed by atoms with E-state index in [0.29, 0.717) is 11.6 Å². The maximum Gasteiger partial charge on any atom is 0.138 e. The highest BCUT2D eigenvalue weighted by molar-refractivity contribution is 6.37. The first kappa shape index (κ1) is 17.5. The largest absolute Gasteiger partial charge is 0.492 e. The molecule has 0 amide bonds. The Labute approximate surface area is 148 Å². The quantitative estimate of drug-likeness (QED) is 0.743. The van der Waals surface area contributed by atoms with Crippen molar-refractivity contribution in [3.8, 4) is 5.75 Å². The van der Waals surface area contributed by atoms with E-state index in [1.807, 2.05) is 24.3 Å². The van der Waals surface area contributed by atoms with Crippen LogP contribution in [0.1, 0.15) is 6.42 Å². The molecule has 130 valence electrons. The molecule has 0 aromatic heterocycles. The molecule has 0 bridgehead atoms. The lowest BCUT2D eigenvalue weighted by Gasteiger charge is -2.26. The molecule has 0 saturated carbocycles. The zero-order valence-corrected chi connectivity index (χ0v) is 14.7. The minimum absolute atomic E-state index is 0.669. The number of rotatable bonds is 8. The molecule has 4 nitrogen and oxygen atoms in total. The highest BCUT2D eigenvalue weighted by Gasteiger charge is 2.09. The first-order valence-electron chi connectivity index (χ1n) is 8.65. The summed E-state index contributed by atoms with van der Waals surface area (Å²) in [5.74, 6) is 0.767. The Hall–Kier alpha value is -1.33. The second-order valence-corrected chi connectivity index (χ2v) is 6.38. The monoisotopic (exact) mass is 348 g/mol. The number of ether oxygens (including phenoxy) is 2. The van der Waals surface area contributed by atoms with Crippen molar-refractivity contribution in [2.24, 2.45) is 0 Å². The van der Waals surface area contributed by atoms with Crippen molar-refractivity contribution in [1.82, 2.24) is 10.2 Å². The predicted molar refractivity (Wildman–Crippen MR) is 99.2 cm³/mol. The molecular formula is C19H25ClN2O2. The number of nitrogens with zero attached hydrogens (tertiary/aromatic N) is 1. The molecule has 1 saturated heterocycles. The van der Waals surface area contributed by atoms with Crippen LogP contribution >= 0.6 is 11.6 Å². The van der Waals surface area contributed by atoms with Gasteiger partial charge in [0.2, 0.25) is 0 Å². The second-order valence-electron chi connectivity index (χ2n) is 6.00. The van der Waals surface area contributed by atoms with Crippen molar-refractivity contribution in [1.29, 1.82) is 0 Å². The van der Waals surface area contributed by atoms with E-state index >= 15 is 0 Å². The van der Waals surface area contributed by atoms with Crippen molar-refractivity contribution in [3.05, 3.63) is 41.4 Å². The Morgan fingerprint density at radius 3 is 2.79 bits per heavy atom. The summed E-state index contributed by atoms with van der Waals surface area (Å²) in [4.78, 5) is 2.43. The molecule has 1 heterocycles. The summed E-state index contributed by atoms with van der Waals surface area (Å²) in [6.07, 6.45) is 0.965. The van der Waals surface area contributed by atoms with Gasteiger partial charge in [-0.15, -0.1) is 0 Å². The number of benzene rings is 2. The van der Waals surface area contributed by atoms with Gasteiger partial charge in [-0.05, 0) is 24.4 Å². The van der Waals surface area contributed by atoms with Gasteiger partial charge < -0.3 is 14.8 Å². The predicted octanol–water partition coefficient (Wildman–Crippen LogP) is 3.18. The molecule has 0 unspecified atom stereocenters. The maximum atomic E-state index is 6.43. The van der Waals surface area contributed by atoms with Crippen LogP contribution in [0.4, 0.5) is 0 Å². The molecule has 3 rings (SSSR count). The van der Waals surface area contributed by atoms with Crippen LogP contribution in [0.5, 0.6) is 5.75 Å². The van der Waals surface area contributed by atoms with E-state index in [4.69, 9.17) is 21.1 Å². The van der Waals surface area contributed by atoms with Gasteiger partial charge in [-0.3, -0.25) is 4.90 Å². The second kappa shape index (κ2) is 9.23. The summed E-state index contributed by atoms with van der Waals surface area (Å²) >= 11 is 6.43. The normalized spacial score (nSPS) is 15.7. The number of fused-ring (bicyclic) bond motifs is 1. The van der Waals surface area contributed by atoms with Crippen molar-refractivity contribution in [2.45, 2.75) is 6.42 Å². The van der Waals surface area contributed by atoms with Gasteiger partial charge in [0.15, 0.2) is 0 Å². The fraction of sp³-hybridized carbons (Fsp3) is 0.474. The Bertz CT molecular complexity index is 644. The number of morpholine rings is 1. The summed E-state index contributed by atoms with van der Waals surface area (Å²) in [5, 5.41) is 6.35. The molecule has 1 N–H and O–H groups in total. The molecule has 5 heteroatoms. The highest BCUT2D eigenvalue weighted by atomic mass is 35.5. The summed E-state index contributed by atoms with van der Waals surface area (Å²) < 4.78 is 11.2. The van der Waals surface area contributed by atoms with Crippen LogP contribution in [0.3, 0.4) is 0 Å². The zero-order chi connectivity index (χ0) is 16.6. The fourth-order valence-electron chi connectivity index (χ4n) is 2.89. The summed E-state index contributed by atoms with van der Waals surface area (Å²) in [5.41, 5.74) is 0. The average Bonchev–Trinajstić information content (AvgIpc) is 2.64. The van der Waals surface area contributed by atoms with Crippen LogP contribution in [0.25, 0.3) is 10.8 Å². The van der Waals surface area contributed by atoms with E-state index in [1.54, 1.807) is 0 Å². The van der Waals surface area contributed by atoms with Crippen LogP contribution in [0, 0.1) is 0 Å². The van der Waals surface area contributed by atoms with Crippen molar-refractivity contribution < 1.29 is 9.47 Å². The van der Waals surface area contributed by atoms with Gasteiger partial charge in [-0.2, -0.15) is 0 Å². The first-order chi connectivity index (χ1) is 11.8. The van der Waals surface area contributed by atoms with Crippen molar-refractivity contribution in [3.63, 3.8) is 0 Å². The fourth-order valence-corrected chi connectivity index (χ4v) is 3.18. The lowest BCUT2D eigenvalue weighted by molar-refractivity contribution is 0.0384. The van der Waals surface area contributed by atoms with E-state index in [-0.39, 0.29) is 0 Å². The topological polar surface area (TPSA) is 33.7 Å². The van der Waals surface area contributed by atoms with Crippen LogP contribution in [0.2, 0.25) is 5.02 Å². The molecule has 0 aliphatic carbocycles. The third kappa shape index (κ3) is 4.84. The molecule has 1 fully saturated rings. The minimum Gasteiger partial charge on any atom is -0.492 e. The van der Waals surface area contributed by atoms with E-state index in [2.05, 4.69) is 22.3 Å². The van der Waals surface area contributed by atoms with E-state index in [1.165, 1.54) is 0 Å². The van der Waals surface area contributed by atoms with Gasteiger partial charge in [-0.1, -0.05) is 41.9 Å². The van der Waals surface area contributed by atoms with Crippen LogP contribution in [-0.2, 0) is 4.74 Å². The standard InChI is InChI=1S/C19H25ClN2O2/c20-19-17-5-2-1-4-16(17)6-7-18(19)24-13-3-8-21-9-10-22-11-14-23-15-12-22/h1-2,4-7,21H,3,8-15H2. The van der Waals surface area contributed by atoms with Crippen LogP contribution < -0.4 is 10.1 Å². The molecule has 2 aromatic carbocycles. The molecule has 1 aliphatic heterocycles. The first-order valence-corrected chi connectivity index (χ1v) is 9.03. The zero-order valence-electron chi connectivity index (χ0n) is 14.0. The molecule has 24 heavy (non-hydrogen) atoms. The third-order valence-electron chi connectivity index (χ3n) is 4.29. The minimum atomic E-state index is 0.669. The summed E-state index contributed by atoms with van der Waals surface area (Å²) in [7, 11) is 0. The number of halogens is 1. The Morgan fingerprint density at radius 2 is 1.92 bits per heavy atom. The van der Waals surface area contributed by atoms with Crippen molar-refractivity contribution in [2.75, 3.05) is 52.5 Å². The molecule has 0 atom stereocenters. The number of hydrogen-bond donors (Lipinski definition) is 1. The molecule has 1 aliphatic rings.